The molecule has 1 amide bonds. The first kappa shape index (κ1) is 23.0. The second-order valence-corrected chi connectivity index (χ2v) is 8.88. The number of hydrogen-bond acceptors (Lipinski definition) is 9. The summed E-state index contributed by atoms with van der Waals surface area (Å²) in [4.78, 5) is 28.1. The van der Waals surface area contributed by atoms with Gasteiger partial charge in [-0.3, -0.25) is 15.0 Å². The quantitative estimate of drug-likeness (QED) is 0.368. The molecule has 0 bridgehead atoms. The predicted octanol–water partition coefficient (Wildman–Crippen LogP) is 2.97. The number of carbonyl (C=O) groups is 1. The third kappa shape index (κ3) is 5.09. The SMILES string of the molecule is COC(=S)NCC1CN(c2ccc(N3CCN(c4ccc([N+](=O)[O-])s4)CC3)c(F)c2)C(=O)O1. The van der Waals surface area contributed by atoms with Crippen molar-refractivity contribution < 1.29 is 23.6 Å². The van der Waals surface area contributed by atoms with E-state index in [2.05, 4.69) is 10.2 Å². The maximum absolute atomic E-state index is 15.0. The second-order valence-electron chi connectivity index (χ2n) is 7.47. The summed E-state index contributed by atoms with van der Waals surface area (Å²) in [5.41, 5.74) is 0.870. The van der Waals surface area contributed by atoms with Gasteiger partial charge in [0.1, 0.15) is 11.9 Å². The Labute approximate surface area is 198 Å². The largest absolute Gasteiger partial charge is 0.474 e. The fourth-order valence-electron chi connectivity index (χ4n) is 3.78. The molecule has 2 aromatic rings. The third-order valence-corrected chi connectivity index (χ3v) is 6.87. The number of hydrogen-bond donors (Lipinski definition) is 1. The van der Waals surface area contributed by atoms with Crippen molar-refractivity contribution in [3.05, 3.63) is 46.3 Å². The molecule has 3 heterocycles. The molecule has 1 aromatic heterocycles. The number of anilines is 3. The molecule has 4 rings (SSSR count). The van der Waals surface area contributed by atoms with E-state index in [0.717, 1.165) is 16.3 Å². The lowest BCUT2D eigenvalue weighted by Crippen LogP contribution is -2.46. The molecule has 10 nitrogen and oxygen atoms in total. The first-order chi connectivity index (χ1) is 15.9. The van der Waals surface area contributed by atoms with E-state index in [1.165, 1.54) is 24.1 Å². The van der Waals surface area contributed by atoms with Crippen molar-refractivity contribution in [1.29, 1.82) is 0 Å². The van der Waals surface area contributed by atoms with Gasteiger partial charge in [0, 0.05) is 32.2 Å². The van der Waals surface area contributed by atoms with Gasteiger partial charge < -0.3 is 24.6 Å². The van der Waals surface area contributed by atoms with Crippen molar-refractivity contribution in [2.24, 2.45) is 0 Å². The summed E-state index contributed by atoms with van der Waals surface area (Å²) in [6.07, 6.45) is -0.981. The Hall–Kier alpha value is -3.19. The normalized spacial score (nSPS) is 18.3. The molecule has 0 aliphatic carbocycles. The average molecular weight is 496 g/mol. The zero-order chi connectivity index (χ0) is 23.5. The van der Waals surface area contributed by atoms with E-state index in [4.69, 9.17) is 21.7 Å². The van der Waals surface area contributed by atoms with Crippen LogP contribution in [0.1, 0.15) is 0 Å². The zero-order valence-electron chi connectivity index (χ0n) is 17.7. The molecule has 2 aliphatic rings. The maximum Gasteiger partial charge on any atom is 0.414 e. The molecule has 2 aliphatic heterocycles. The molecule has 33 heavy (non-hydrogen) atoms. The summed E-state index contributed by atoms with van der Waals surface area (Å²) >= 11 is 6.05. The second kappa shape index (κ2) is 9.75. The van der Waals surface area contributed by atoms with Gasteiger partial charge in [-0.1, -0.05) is 0 Å². The lowest BCUT2D eigenvalue weighted by molar-refractivity contribution is -0.380. The summed E-state index contributed by atoms with van der Waals surface area (Å²) < 4.78 is 25.1. The van der Waals surface area contributed by atoms with Gasteiger partial charge in [0.2, 0.25) is 0 Å². The molecule has 0 spiro atoms. The summed E-state index contributed by atoms with van der Waals surface area (Å²) in [5, 5.41) is 14.9. The van der Waals surface area contributed by atoms with Crippen LogP contribution in [0.25, 0.3) is 0 Å². The number of benzene rings is 1. The first-order valence-electron chi connectivity index (χ1n) is 10.2. The minimum atomic E-state index is -0.545. The molecular formula is C20H22FN5O5S2. The fourth-order valence-corrected chi connectivity index (χ4v) is 4.74. The highest BCUT2D eigenvalue weighted by atomic mass is 32.1. The van der Waals surface area contributed by atoms with Gasteiger partial charge >= 0.3 is 11.1 Å². The van der Waals surface area contributed by atoms with Crippen molar-refractivity contribution in [2.45, 2.75) is 6.10 Å². The van der Waals surface area contributed by atoms with Gasteiger partial charge in [-0.15, -0.1) is 0 Å². The highest BCUT2D eigenvalue weighted by Gasteiger charge is 2.33. The van der Waals surface area contributed by atoms with Crippen molar-refractivity contribution in [1.82, 2.24) is 5.32 Å². The number of carbonyl (C=O) groups excluding carboxylic acids is 1. The number of thiocarbonyl (C=S) groups is 1. The fraction of sp³-hybridized carbons (Fsp3) is 0.400. The highest BCUT2D eigenvalue weighted by Crippen LogP contribution is 2.33. The standard InChI is InChI=1S/C20H22FN5O5S2/c1-30-19(32)22-11-14-12-25(20(27)31-14)13-2-3-16(15(21)10-13)23-6-8-24(9-7-23)17-4-5-18(33-17)26(28)29/h2-5,10,14H,6-9,11-12H2,1H3,(H,22,32). The smallest absolute Gasteiger partial charge is 0.414 e. The van der Waals surface area contributed by atoms with Gasteiger partial charge in [-0.2, -0.15) is 0 Å². The Morgan fingerprint density at radius 3 is 2.67 bits per heavy atom. The zero-order valence-corrected chi connectivity index (χ0v) is 19.4. The lowest BCUT2D eigenvalue weighted by atomic mass is 10.2. The van der Waals surface area contributed by atoms with E-state index < -0.39 is 22.9 Å². The number of thiophene rings is 1. The average Bonchev–Trinajstić information content (AvgIpc) is 3.45. The Balaban J connectivity index is 1.36. The third-order valence-electron chi connectivity index (χ3n) is 5.47. The number of piperazine rings is 1. The molecule has 176 valence electrons. The van der Waals surface area contributed by atoms with Crippen molar-refractivity contribution in [2.75, 3.05) is 61.1 Å². The number of nitro groups is 1. The number of rotatable bonds is 6. The minimum Gasteiger partial charge on any atom is -0.474 e. The van der Waals surface area contributed by atoms with Crippen LogP contribution >= 0.6 is 23.6 Å². The predicted molar refractivity (Wildman–Crippen MR) is 127 cm³/mol. The molecule has 1 N–H and O–H groups in total. The van der Waals surface area contributed by atoms with Crippen LogP contribution in [0.3, 0.4) is 0 Å². The van der Waals surface area contributed by atoms with Crippen LogP contribution in [0.2, 0.25) is 0 Å². The van der Waals surface area contributed by atoms with E-state index in [-0.39, 0.29) is 16.7 Å². The number of methoxy groups -OCH3 is 1. The van der Waals surface area contributed by atoms with Crippen molar-refractivity contribution in [3.8, 4) is 0 Å². The Bertz CT molecular complexity index is 1060. The Kier molecular flexibility index (Phi) is 6.79. The maximum atomic E-state index is 15.0. The Morgan fingerprint density at radius 1 is 1.30 bits per heavy atom. The van der Waals surface area contributed by atoms with Crippen LogP contribution in [-0.2, 0) is 9.47 Å². The highest BCUT2D eigenvalue weighted by molar-refractivity contribution is 7.80. The molecule has 1 atom stereocenters. The van der Waals surface area contributed by atoms with Gasteiger partial charge in [-0.05, 0) is 47.8 Å². The molecule has 0 radical (unpaired) electrons. The molecule has 1 aromatic carbocycles. The summed E-state index contributed by atoms with van der Waals surface area (Å²) in [6, 6.07) is 7.94. The number of ether oxygens (including phenoxy) is 2. The summed E-state index contributed by atoms with van der Waals surface area (Å²) in [6.45, 7) is 2.95. The van der Waals surface area contributed by atoms with E-state index in [9.17, 15) is 19.3 Å². The molecule has 1 unspecified atom stereocenters. The lowest BCUT2D eigenvalue weighted by Gasteiger charge is -2.36. The van der Waals surface area contributed by atoms with Gasteiger partial charge in [-0.25, -0.2) is 9.18 Å². The van der Waals surface area contributed by atoms with Gasteiger partial charge in [0.15, 0.2) is 0 Å². The van der Waals surface area contributed by atoms with Gasteiger partial charge in [0.05, 0.1) is 41.5 Å². The van der Waals surface area contributed by atoms with Crippen molar-refractivity contribution >= 4 is 56.2 Å². The van der Waals surface area contributed by atoms with Crippen molar-refractivity contribution in [3.63, 3.8) is 0 Å². The van der Waals surface area contributed by atoms with Crippen LogP contribution in [0, 0.1) is 15.9 Å². The monoisotopic (exact) mass is 495 g/mol. The molecule has 13 heteroatoms. The number of cyclic esters (lactones) is 1. The Morgan fingerprint density at radius 2 is 2.03 bits per heavy atom. The molecule has 2 fully saturated rings. The minimum absolute atomic E-state index is 0.105. The van der Waals surface area contributed by atoms with E-state index >= 15 is 0 Å². The van der Waals surface area contributed by atoms with Gasteiger partial charge in [0.25, 0.3) is 5.17 Å². The summed E-state index contributed by atoms with van der Waals surface area (Å²) in [5.74, 6) is -0.428. The van der Waals surface area contributed by atoms with Crippen LogP contribution in [0.15, 0.2) is 30.3 Å². The van der Waals surface area contributed by atoms with Crippen LogP contribution in [0.4, 0.5) is 30.6 Å². The van der Waals surface area contributed by atoms with Crippen LogP contribution in [0.5, 0.6) is 0 Å². The number of halogens is 1. The molecule has 0 saturated carbocycles. The first-order valence-corrected chi connectivity index (χ1v) is 11.4. The number of nitrogens with zero attached hydrogens (tertiary/aromatic N) is 4. The van der Waals surface area contributed by atoms with Crippen LogP contribution in [-0.4, -0.2) is 68.7 Å². The number of nitrogens with one attached hydrogen (secondary N) is 1. The van der Waals surface area contributed by atoms with E-state index in [1.807, 2.05) is 4.90 Å². The molecule has 2 saturated heterocycles. The summed E-state index contributed by atoms with van der Waals surface area (Å²) in [7, 11) is 1.45. The van der Waals surface area contributed by atoms with E-state index in [1.54, 1.807) is 18.2 Å². The van der Waals surface area contributed by atoms with Crippen LogP contribution < -0.4 is 20.0 Å². The topological polar surface area (TPSA) is 100 Å². The van der Waals surface area contributed by atoms with E-state index in [0.29, 0.717) is 44.1 Å². The molecular weight excluding hydrogens is 473 g/mol. The number of amides is 1.